The molecule has 0 saturated carbocycles. The molecule has 4 rings (SSSR count). The van der Waals surface area contributed by atoms with Crippen molar-refractivity contribution in [2.75, 3.05) is 19.8 Å². The summed E-state index contributed by atoms with van der Waals surface area (Å²) in [5, 5.41) is 10.6. The molecule has 2 aliphatic heterocycles. The van der Waals surface area contributed by atoms with Crippen LogP contribution < -0.4 is 5.32 Å². The van der Waals surface area contributed by atoms with Crippen molar-refractivity contribution in [3.05, 3.63) is 41.2 Å². The van der Waals surface area contributed by atoms with Crippen LogP contribution in [0.5, 0.6) is 0 Å². The quantitative estimate of drug-likeness (QED) is 0.814. The largest absolute Gasteiger partial charge is 0.381 e. The van der Waals surface area contributed by atoms with Gasteiger partial charge in [-0.25, -0.2) is 4.98 Å². The van der Waals surface area contributed by atoms with Crippen molar-refractivity contribution in [1.82, 2.24) is 30.4 Å². The van der Waals surface area contributed by atoms with Crippen LogP contribution in [0.3, 0.4) is 0 Å². The average Bonchev–Trinajstić information content (AvgIpc) is 3.30. The van der Waals surface area contributed by atoms with E-state index in [0.29, 0.717) is 19.8 Å². The van der Waals surface area contributed by atoms with Gasteiger partial charge < -0.3 is 10.1 Å². The van der Waals surface area contributed by atoms with Gasteiger partial charge in [-0.05, 0) is 44.7 Å². The van der Waals surface area contributed by atoms with Crippen LogP contribution in [-0.2, 0) is 16.1 Å². The van der Waals surface area contributed by atoms with E-state index in [4.69, 9.17) is 4.74 Å². The third kappa shape index (κ3) is 4.39. The molecule has 0 bridgehead atoms. The number of carbonyl (C=O) groups is 1. The molecule has 2 aliphatic rings. The van der Waals surface area contributed by atoms with Gasteiger partial charge >= 0.3 is 0 Å². The summed E-state index contributed by atoms with van der Waals surface area (Å²) in [4.78, 5) is 24.1. The van der Waals surface area contributed by atoms with Crippen LogP contribution in [0, 0.1) is 19.8 Å². The highest BCUT2D eigenvalue weighted by atomic mass is 16.5. The number of aromatic amines is 1. The van der Waals surface area contributed by atoms with E-state index in [0.717, 1.165) is 48.7 Å². The number of H-pyrrole nitrogens is 1. The first-order valence-electron chi connectivity index (χ1n) is 10.0. The fraction of sp³-hybridized carbons (Fsp3) is 0.600. The van der Waals surface area contributed by atoms with Crippen LogP contribution >= 0.6 is 0 Å². The van der Waals surface area contributed by atoms with Gasteiger partial charge in [-0.15, -0.1) is 0 Å². The van der Waals surface area contributed by atoms with Crippen molar-refractivity contribution in [3.63, 3.8) is 0 Å². The van der Waals surface area contributed by atoms with Crippen LogP contribution in [0.15, 0.2) is 18.3 Å². The molecule has 2 aromatic rings. The molecule has 0 aliphatic carbocycles. The number of amides is 1. The lowest BCUT2D eigenvalue weighted by molar-refractivity contribution is -0.128. The van der Waals surface area contributed by atoms with Gasteiger partial charge in [-0.2, -0.15) is 5.10 Å². The molecule has 0 radical (unpaired) electrons. The van der Waals surface area contributed by atoms with Crippen LogP contribution in [0.4, 0.5) is 0 Å². The third-order valence-electron chi connectivity index (χ3n) is 5.59. The van der Waals surface area contributed by atoms with Gasteiger partial charge in [0.2, 0.25) is 5.91 Å². The van der Waals surface area contributed by atoms with Gasteiger partial charge in [0, 0.05) is 44.5 Å². The first kappa shape index (κ1) is 19.0. The first-order chi connectivity index (χ1) is 13.6. The smallest absolute Gasteiger partial charge is 0.223 e. The number of ether oxygens (including phenoxy) is 1. The third-order valence-corrected chi connectivity index (χ3v) is 5.59. The number of pyridine rings is 1. The van der Waals surface area contributed by atoms with Crippen LogP contribution in [0.2, 0.25) is 0 Å². The second kappa shape index (κ2) is 8.36. The van der Waals surface area contributed by atoms with Gasteiger partial charge in [0.05, 0.1) is 11.7 Å². The molecule has 0 aromatic carbocycles. The Bertz CT molecular complexity index is 799. The van der Waals surface area contributed by atoms with Crippen LogP contribution in [0.25, 0.3) is 0 Å². The Balaban J connectivity index is 1.46. The van der Waals surface area contributed by atoms with E-state index in [9.17, 15) is 4.79 Å². The van der Waals surface area contributed by atoms with Gasteiger partial charge in [0.1, 0.15) is 5.82 Å². The molecule has 1 amide bonds. The predicted molar refractivity (Wildman–Crippen MR) is 103 cm³/mol. The highest BCUT2D eigenvalue weighted by Gasteiger charge is 2.37. The van der Waals surface area contributed by atoms with E-state index in [1.54, 1.807) is 0 Å². The van der Waals surface area contributed by atoms with Crippen LogP contribution in [-0.4, -0.2) is 56.8 Å². The van der Waals surface area contributed by atoms with Crippen molar-refractivity contribution < 1.29 is 9.53 Å². The predicted octanol–water partition coefficient (Wildman–Crippen LogP) is 1.67. The minimum atomic E-state index is 0.0609. The molecule has 2 N–H and O–H groups in total. The summed E-state index contributed by atoms with van der Waals surface area (Å²) < 4.78 is 5.37. The van der Waals surface area contributed by atoms with Crippen molar-refractivity contribution in [1.29, 1.82) is 0 Å². The lowest BCUT2D eigenvalue weighted by Crippen LogP contribution is -2.42. The van der Waals surface area contributed by atoms with Gasteiger partial charge in [-0.3, -0.25) is 19.8 Å². The summed E-state index contributed by atoms with van der Waals surface area (Å²) in [6.07, 6.45) is 4.30. The Hall–Kier alpha value is -2.32. The molecule has 0 unspecified atom stereocenters. The van der Waals surface area contributed by atoms with Gasteiger partial charge in [0.25, 0.3) is 0 Å². The van der Waals surface area contributed by atoms with Crippen molar-refractivity contribution in [2.45, 2.75) is 51.7 Å². The molecule has 4 heterocycles. The van der Waals surface area contributed by atoms with Crippen molar-refractivity contribution in [3.8, 4) is 0 Å². The van der Waals surface area contributed by atoms with E-state index in [-0.39, 0.29) is 23.9 Å². The molecule has 8 heteroatoms. The second-order valence-corrected chi connectivity index (χ2v) is 7.88. The number of nitrogens with zero attached hydrogens (tertiary/aromatic N) is 4. The number of carbonyl (C=O) groups excluding carboxylic acids is 1. The second-order valence-electron chi connectivity index (χ2n) is 7.88. The van der Waals surface area contributed by atoms with Gasteiger partial charge in [0.15, 0.2) is 5.82 Å². The zero-order valence-corrected chi connectivity index (χ0v) is 16.5. The van der Waals surface area contributed by atoms with E-state index in [1.807, 2.05) is 20.0 Å². The normalized spacial score (nSPS) is 23.8. The molecular weight excluding hydrogens is 356 g/mol. The number of likely N-dealkylation sites (tertiary alicyclic amines) is 1. The first-order valence-corrected chi connectivity index (χ1v) is 10.0. The number of aryl methyl sites for hydroxylation is 2. The SMILES string of the molecule is Cc1ccc(CN2C[C@@H](NC(=O)C3CCOCC3)C[C@H]2c2n[nH]c(C)n2)nc1. The maximum atomic E-state index is 12.7. The fourth-order valence-corrected chi connectivity index (χ4v) is 4.04. The Kier molecular flexibility index (Phi) is 5.68. The zero-order chi connectivity index (χ0) is 19.5. The highest BCUT2D eigenvalue weighted by Crippen LogP contribution is 2.32. The summed E-state index contributed by atoms with van der Waals surface area (Å²) >= 11 is 0. The molecule has 28 heavy (non-hydrogen) atoms. The molecule has 2 aromatic heterocycles. The molecular formula is C20H28N6O2. The number of hydrogen-bond acceptors (Lipinski definition) is 6. The fourth-order valence-electron chi connectivity index (χ4n) is 4.04. The maximum absolute atomic E-state index is 12.7. The standard InChI is InChI=1S/C20H28N6O2/c1-13-3-4-16(21-10-13)11-26-12-17(9-18(26)19-22-14(2)24-25-19)23-20(27)15-5-7-28-8-6-15/h3-4,10,15,17-18H,5-9,11-12H2,1-2H3,(H,23,27)(H,22,24,25)/t17-,18-/m0/s1. The Morgan fingerprint density at radius 3 is 2.82 bits per heavy atom. The summed E-state index contributed by atoms with van der Waals surface area (Å²) in [7, 11) is 0. The summed E-state index contributed by atoms with van der Waals surface area (Å²) in [5.41, 5.74) is 2.16. The van der Waals surface area contributed by atoms with Crippen molar-refractivity contribution in [2.24, 2.45) is 5.92 Å². The summed E-state index contributed by atoms with van der Waals surface area (Å²) in [6, 6.07) is 4.29. The van der Waals surface area contributed by atoms with Crippen LogP contribution in [0.1, 0.15) is 48.2 Å². The molecule has 8 nitrogen and oxygen atoms in total. The minimum Gasteiger partial charge on any atom is -0.381 e. The topological polar surface area (TPSA) is 96.0 Å². The molecule has 2 saturated heterocycles. The molecule has 2 fully saturated rings. The summed E-state index contributed by atoms with van der Waals surface area (Å²) in [6.45, 7) is 6.76. The highest BCUT2D eigenvalue weighted by molar-refractivity contribution is 5.79. The van der Waals surface area contributed by atoms with Gasteiger partial charge in [-0.1, -0.05) is 6.07 Å². The Morgan fingerprint density at radius 2 is 2.14 bits per heavy atom. The summed E-state index contributed by atoms with van der Waals surface area (Å²) in [5.74, 6) is 1.80. The number of hydrogen-bond donors (Lipinski definition) is 2. The van der Waals surface area contributed by atoms with Crippen molar-refractivity contribution >= 4 is 5.91 Å². The Labute approximate surface area is 165 Å². The monoisotopic (exact) mass is 384 g/mol. The Morgan fingerprint density at radius 1 is 1.32 bits per heavy atom. The number of nitrogens with one attached hydrogen (secondary N) is 2. The molecule has 0 spiro atoms. The number of aromatic nitrogens is 4. The van der Waals surface area contributed by atoms with E-state index in [2.05, 4.69) is 42.5 Å². The average molecular weight is 384 g/mol. The van der Waals surface area contributed by atoms with E-state index >= 15 is 0 Å². The lowest BCUT2D eigenvalue weighted by atomic mass is 9.99. The van der Waals surface area contributed by atoms with E-state index < -0.39 is 0 Å². The molecule has 2 atom stereocenters. The minimum absolute atomic E-state index is 0.0609. The number of rotatable bonds is 5. The van der Waals surface area contributed by atoms with E-state index in [1.165, 1.54) is 0 Å². The molecule has 150 valence electrons. The lowest BCUT2D eigenvalue weighted by Gasteiger charge is -2.23. The maximum Gasteiger partial charge on any atom is 0.223 e. The zero-order valence-electron chi connectivity index (χ0n) is 16.5.